The van der Waals surface area contributed by atoms with Crippen LogP contribution >= 0.6 is 0 Å². The first-order chi connectivity index (χ1) is 12.7. The largest absolute Gasteiger partial charge is 0.465 e. The molecule has 0 aliphatic carbocycles. The van der Waals surface area contributed by atoms with E-state index in [0.717, 1.165) is 31.7 Å². The summed E-state index contributed by atoms with van der Waals surface area (Å²) in [6, 6.07) is 10.0. The zero-order chi connectivity index (χ0) is 18.4. The van der Waals surface area contributed by atoms with Crippen molar-refractivity contribution >= 4 is 23.3 Å². The van der Waals surface area contributed by atoms with Crippen molar-refractivity contribution in [2.45, 2.75) is 18.9 Å². The molecule has 0 saturated carbocycles. The fraction of sp³-hybridized carbons (Fsp3) is 0.316. The first kappa shape index (κ1) is 17.9. The highest BCUT2D eigenvalue weighted by atomic mass is 16.5. The Morgan fingerprint density at radius 3 is 2.85 bits per heavy atom. The normalized spacial score (nSPS) is 16.1. The summed E-state index contributed by atoms with van der Waals surface area (Å²) in [5.41, 5.74) is 1.99. The summed E-state index contributed by atoms with van der Waals surface area (Å²) in [7, 11) is 1.31. The topological polar surface area (TPSA) is 89.5 Å². The molecule has 1 aliphatic rings. The number of rotatable bonds is 6. The molecule has 136 valence electrons. The van der Waals surface area contributed by atoms with Crippen molar-refractivity contribution in [3.8, 4) is 0 Å². The summed E-state index contributed by atoms with van der Waals surface area (Å²) >= 11 is 0. The van der Waals surface area contributed by atoms with Crippen LogP contribution in [0, 0.1) is 0 Å². The number of anilines is 2. The molecule has 1 amide bonds. The molecule has 1 aromatic carbocycles. The lowest BCUT2D eigenvalue weighted by atomic mass is 10.2. The molecule has 1 aliphatic heterocycles. The quantitative estimate of drug-likeness (QED) is 0.775. The number of methoxy groups -OCH3 is 1. The van der Waals surface area contributed by atoms with Crippen molar-refractivity contribution in [3.63, 3.8) is 0 Å². The predicted molar refractivity (Wildman–Crippen MR) is 97.4 cm³/mol. The molecule has 0 radical (unpaired) electrons. The van der Waals surface area contributed by atoms with Crippen molar-refractivity contribution in [2.24, 2.45) is 0 Å². The van der Waals surface area contributed by atoms with E-state index in [-0.39, 0.29) is 17.7 Å². The van der Waals surface area contributed by atoms with Crippen LogP contribution in [-0.2, 0) is 9.47 Å². The van der Waals surface area contributed by atoms with Gasteiger partial charge in [-0.25, -0.2) is 9.78 Å². The van der Waals surface area contributed by atoms with Gasteiger partial charge in [0, 0.05) is 18.8 Å². The van der Waals surface area contributed by atoms with E-state index in [0.29, 0.717) is 11.3 Å². The summed E-state index contributed by atoms with van der Waals surface area (Å²) in [6.07, 6.45) is 4.02. The number of nitrogens with one attached hydrogen (secondary N) is 2. The lowest BCUT2D eigenvalue weighted by Crippen LogP contribution is -2.19. The first-order valence-electron chi connectivity index (χ1n) is 8.47. The van der Waals surface area contributed by atoms with Gasteiger partial charge in [-0.2, -0.15) is 0 Å². The standard InChI is InChI=1S/C19H21N3O4/c1-25-19(24)13-4-2-5-14(10-13)22-18(23)17-8-7-15(11-21-17)20-12-16-6-3-9-26-16/h2,4-5,7-8,10-11,16,20H,3,6,9,12H2,1H3,(H,22,23). The summed E-state index contributed by atoms with van der Waals surface area (Å²) in [6.45, 7) is 1.55. The van der Waals surface area contributed by atoms with Crippen molar-refractivity contribution in [3.05, 3.63) is 53.9 Å². The van der Waals surface area contributed by atoms with E-state index in [9.17, 15) is 9.59 Å². The molecular weight excluding hydrogens is 334 g/mol. The molecule has 7 nitrogen and oxygen atoms in total. The minimum atomic E-state index is -0.458. The van der Waals surface area contributed by atoms with Crippen LogP contribution in [0.2, 0.25) is 0 Å². The molecule has 1 fully saturated rings. The number of benzene rings is 1. The Labute approximate surface area is 151 Å². The zero-order valence-corrected chi connectivity index (χ0v) is 14.5. The lowest BCUT2D eigenvalue weighted by Gasteiger charge is -2.12. The number of amides is 1. The fourth-order valence-electron chi connectivity index (χ4n) is 2.71. The Bertz CT molecular complexity index is 771. The molecule has 2 aromatic rings. The van der Waals surface area contributed by atoms with Gasteiger partial charge in [0.2, 0.25) is 0 Å². The third-order valence-corrected chi connectivity index (χ3v) is 4.10. The maximum absolute atomic E-state index is 12.3. The Balaban J connectivity index is 1.58. The van der Waals surface area contributed by atoms with Crippen LogP contribution in [0.5, 0.6) is 0 Å². The number of nitrogens with zero attached hydrogens (tertiary/aromatic N) is 1. The number of carbonyl (C=O) groups is 2. The van der Waals surface area contributed by atoms with E-state index in [1.807, 2.05) is 6.07 Å². The van der Waals surface area contributed by atoms with E-state index in [2.05, 4.69) is 20.4 Å². The molecule has 2 N–H and O–H groups in total. The maximum atomic E-state index is 12.3. The minimum Gasteiger partial charge on any atom is -0.465 e. The molecule has 26 heavy (non-hydrogen) atoms. The Kier molecular flexibility index (Phi) is 5.80. The zero-order valence-electron chi connectivity index (χ0n) is 14.5. The van der Waals surface area contributed by atoms with Crippen LogP contribution in [-0.4, -0.2) is 43.2 Å². The van der Waals surface area contributed by atoms with Crippen molar-refractivity contribution in [2.75, 3.05) is 30.9 Å². The smallest absolute Gasteiger partial charge is 0.337 e. The van der Waals surface area contributed by atoms with E-state index >= 15 is 0 Å². The monoisotopic (exact) mass is 355 g/mol. The van der Waals surface area contributed by atoms with Gasteiger partial charge in [0.1, 0.15) is 5.69 Å². The van der Waals surface area contributed by atoms with Gasteiger partial charge >= 0.3 is 5.97 Å². The highest BCUT2D eigenvalue weighted by molar-refractivity contribution is 6.03. The molecule has 0 spiro atoms. The molecule has 7 heteroatoms. The molecule has 1 aromatic heterocycles. The molecule has 0 bridgehead atoms. The van der Waals surface area contributed by atoms with Gasteiger partial charge in [-0.3, -0.25) is 4.79 Å². The molecule has 1 unspecified atom stereocenters. The Morgan fingerprint density at radius 2 is 2.15 bits per heavy atom. The second kappa shape index (κ2) is 8.44. The van der Waals surface area contributed by atoms with Crippen LogP contribution in [0.3, 0.4) is 0 Å². The highest BCUT2D eigenvalue weighted by Crippen LogP contribution is 2.15. The van der Waals surface area contributed by atoms with Gasteiger partial charge in [-0.05, 0) is 43.2 Å². The number of pyridine rings is 1. The van der Waals surface area contributed by atoms with Crippen LogP contribution < -0.4 is 10.6 Å². The van der Waals surface area contributed by atoms with Gasteiger partial charge in [-0.1, -0.05) is 6.07 Å². The molecular formula is C19H21N3O4. The van der Waals surface area contributed by atoms with Crippen LogP contribution in [0.25, 0.3) is 0 Å². The highest BCUT2D eigenvalue weighted by Gasteiger charge is 2.15. The van der Waals surface area contributed by atoms with Gasteiger partial charge in [0.25, 0.3) is 5.91 Å². The van der Waals surface area contributed by atoms with E-state index in [1.165, 1.54) is 7.11 Å². The second-order valence-corrected chi connectivity index (χ2v) is 5.97. The average molecular weight is 355 g/mol. The third kappa shape index (κ3) is 4.58. The molecule has 1 atom stereocenters. The molecule has 1 saturated heterocycles. The van der Waals surface area contributed by atoms with Crippen molar-refractivity contribution in [1.29, 1.82) is 0 Å². The SMILES string of the molecule is COC(=O)c1cccc(NC(=O)c2ccc(NCC3CCCO3)cn2)c1. The van der Waals surface area contributed by atoms with Gasteiger partial charge in [0.15, 0.2) is 0 Å². The van der Waals surface area contributed by atoms with Gasteiger partial charge < -0.3 is 20.1 Å². The number of aromatic nitrogens is 1. The second-order valence-electron chi connectivity index (χ2n) is 5.97. The first-order valence-corrected chi connectivity index (χ1v) is 8.47. The summed E-state index contributed by atoms with van der Waals surface area (Å²) < 4.78 is 10.2. The average Bonchev–Trinajstić information content (AvgIpc) is 3.20. The number of esters is 1. The maximum Gasteiger partial charge on any atom is 0.337 e. The summed E-state index contributed by atoms with van der Waals surface area (Å²) in [5, 5.41) is 5.98. The summed E-state index contributed by atoms with van der Waals surface area (Å²) in [4.78, 5) is 28.1. The van der Waals surface area contributed by atoms with Crippen LogP contribution in [0.15, 0.2) is 42.6 Å². The predicted octanol–water partition coefficient (Wildman–Crippen LogP) is 2.71. The van der Waals surface area contributed by atoms with Crippen LogP contribution in [0.1, 0.15) is 33.7 Å². The van der Waals surface area contributed by atoms with Crippen molar-refractivity contribution < 1.29 is 19.1 Å². The van der Waals surface area contributed by atoms with Gasteiger partial charge in [-0.15, -0.1) is 0 Å². The molecule has 3 rings (SSSR count). The van der Waals surface area contributed by atoms with E-state index in [4.69, 9.17) is 4.74 Å². The number of carbonyl (C=O) groups excluding carboxylic acids is 2. The Hall–Kier alpha value is -2.93. The number of hydrogen-bond acceptors (Lipinski definition) is 6. The van der Waals surface area contributed by atoms with E-state index < -0.39 is 5.97 Å². The lowest BCUT2D eigenvalue weighted by molar-refractivity contribution is 0.0600. The van der Waals surface area contributed by atoms with E-state index in [1.54, 1.807) is 36.5 Å². The third-order valence-electron chi connectivity index (χ3n) is 4.10. The Morgan fingerprint density at radius 1 is 1.27 bits per heavy atom. The number of hydrogen-bond donors (Lipinski definition) is 2. The molecule has 2 heterocycles. The van der Waals surface area contributed by atoms with Crippen molar-refractivity contribution in [1.82, 2.24) is 4.98 Å². The fourth-order valence-corrected chi connectivity index (χ4v) is 2.71. The summed E-state index contributed by atoms with van der Waals surface area (Å²) in [5.74, 6) is -0.807. The minimum absolute atomic E-state index is 0.236. The van der Waals surface area contributed by atoms with Gasteiger partial charge in [0.05, 0.1) is 30.7 Å². The van der Waals surface area contributed by atoms with Crippen LogP contribution in [0.4, 0.5) is 11.4 Å². The number of ether oxygens (including phenoxy) is 2.